The van der Waals surface area contributed by atoms with Crippen molar-refractivity contribution in [3.8, 4) is 17.1 Å². The SMILES string of the molecule is CCOC(=O)c1c(-c2ccccc2F)oc2cc([N+](=O)[O-])c(OC(C)C)cc12. The molecule has 0 aliphatic carbocycles. The maximum atomic E-state index is 14.3. The van der Waals surface area contributed by atoms with E-state index in [1.54, 1.807) is 26.8 Å². The van der Waals surface area contributed by atoms with Gasteiger partial charge in [0.05, 0.1) is 29.3 Å². The molecule has 0 saturated heterocycles. The number of hydrogen-bond acceptors (Lipinski definition) is 6. The number of nitrogens with zero attached hydrogens (tertiary/aromatic N) is 1. The summed E-state index contributed by atoms with van der Waals surface area (Å²) in [5, 5.41) is 11.7. The molecule has 3 rings (SSSR count). The van der Waals surface area contributed by atoms with Crippen LogP contribution in [0.3, 0.4) is 0 Å². The summed E-state index contributed by atoms with van der Waals surface area (Å²) in [6.07, 6.45) is -0.333. The van der Waals surface area contributed by atoms with E-state index in [1.165, 1.54) is 30.3 Å². The highest BCUT2D eigenvalue weighted by Gasteiger charge is 2.28. The van der Waals surface area contributed by atoms with E-state index in [4.69, 9.17) is 13.9 Å². The Kier molecular flexibility index (Phi) is 5.30. The number of hydrogen-bond donors (Lipinski definition) is 0. The lowest BCUT2D eigenvalue weighted by atomic mass is 10.0. The topological polar surface area (TPSA) is 91.8 Å². The van der Waals surface area contributed by atoms with Gasteiger partial charge in [-0.2, -0.15) is 0 Å². The first kappa shape index (κ1) is 19.3. The fraction of sp³-hybridized carbons (Fsp3) is 0.250. The minimum atomic E-state index is -0.719. The monoisotopic (exact) mass is 387 g/mol. The molecule has 0 atom stereocenters. The van der Waals surface area contributed by atoms with E-state index >= 15 is 0 Å². The van der Waals surface area contributed by atoms with Crippen LogP contribution in [-0.4, -0.2) is 23.6 Å². The van der Waals surface area contributed by atoms with E-state index < -0.39 is 16.7 Å². The molecule has 7 nitrogen and oxygen atoms in total. The Morgan fingerprint density at radius 2 is 2.00 bits per heavy atom. The minimum absolute atomic E-state index is 0.00884. The van der Waals surface area contributed by atoms with Crippen molar-refractivity contribution in [3.05, 3.63) is 57.9 Å². The van der Waals surface area contributed by atoms with Crippen LogP contribution in [0.2, 0.25) is 0 Å². The molecule has 2 aromatic carbocycles. The maximum absolute atomic E-state index is 14.3. The molecule has 0 N–H and O–H groups in total. The van der Waals surface area contributed by atoms with Crippen molar-refractivity contribution in [3.63, 3.8) is 0 Å². The summed E-state index contributed by atoms with van der Waals surface area (Å²) in [5.74, 6) is -1.38. The summed E-state index contributed by atoms with van der Waals surface area (Å²) < 4.78 is 30.7. The third-order valence-electron chi connectivity index (χ3n) is 3.93. The third-order valence-corrected chi connectivity index (χ3v) is 3.93. The third kappa shape index (κ3) is 3.53. The molecule has 0 aliphatic rings. The normalized spacial score (nSPS) is 11.0. The van der Waals surface area contributed by atoms with E-state index in [0.29, 0.717) is 0 Å². The van der Waals surface area contributed by atoms with Gasteiger partial charge in [0.25, 0.3) is 0 Å². The van der Waals surface area contributed by atoms with Crippen molar-refractivity contribution in [1.29, 1.82) is 0 Å². The number of nitro groups is 1. The number of nitro benzene ring substituents is 1. The Labute approximate surface area is 159 Å². The van der Waals surface area contributed by atoms with Gasteiger partial charge in [-0.25, -0.2) is 9.18 Å². The standard InChI is InChI=1S/C20H18FNO6/c1-4-26-20(23)18-13-9-17(27-11(2)3)15(22(24)25)10-16(13)28-19(18)12-7-5-6-8-14(12)21/h5-11H,4H2,1-3H3. The first-order valence-corrected chi connectivity index (χ1v) is 8.67. The van der Waals surface area contributed by atoms with Crippen LogP contribution in [0.25, 0.3) is 22.3 Å². The average Bonchev–Trinajstić information content (AvgIpc) is 2.99. The van der Waals surface area contributed by atoms with Gasteiger partial charge in [0.2, 0.25) is 0 Å². The van der Waals surface area contributed by atoms with Crippen LogP contribution in [0.1, 0.15) is 31.1 Å². The number of carbonyl (C=O) groups is 1. The van der Waals surface area contributed by atoms with Gasteiger partial charge < -0.3 is 13.9 Å². The number of carbonyl (C=O) groups excluding carboxylic acids is 1. The van der Waals surface area contributed by atoms with Gasteiger partial charge >= 0.3 is 11.7 Å². The van der Waals surface area contributed by atoms with Crippen LogP contribution in [0.15, 0.2) is 40.8 Å². The van der Waals surface area contributed by atoms with Crippen LogP contribution in [-0.2, 0) is 4.74 Å². The Morgan fingerprint density at radius 1 is 1.29 bits per heavy atom. The molecule has 146 valence electrons. The molecule has 0 radical (unpaired) electrons. The highest BCUT2D eigenvalue weighted by atomic mass is 19.1. The zero-order chi connectivity index (χ0) is 20.4. The summed E-state index contributed by atoms with van der Waals surface area (Å²) in [7, 11) is 0. The molecule has 8 heteroatoms. The fourth-order valence-electron chi connectivity index (χ4n) is 2.84. The van der Waals surface area contributed by atoms with Crippen LogP contribution in [0.5, 0.6) is 5.75 Å². The second-order valence-corrected chi connectivity index (χ2v) is 6.25. The first-order chi connectivity index (χ1) is 13.3. The van der Waals surface area contributed by atoms with Crippen LogP contribution >= 0.6 is 0 Å². The molecule has 0 aliphatic heterocycles. The quantitative estimate of drug-likeness (QED) is 0.331. The van der Waals surface area contributed by atoms with Gasteiger partial charge in [0.1, 0.15) is 17.0 Å². The van der Waals surface area contributed by atoms with E-state index in [1.807, 2.05) is 0 Å². The van der Waals surface area contributed by atoms with Crippen molar-refractivity contribution in [2.75, 3.05) is 6.61 Å². The molecule has 0 fully saturated rings. The molecule has 0 saturated carbocycles. The summed E-state index contributed by atoms with van der Waals surface area (Å²) in [5.41, 5.74) is -0.212. The summed E-state index contributed by atoms with van der Waals surface area (Å²) >= 11 is 0. The average molecular weight is 387 g/mol. The van der Waals surface area contributed by atoms with Gasteiger partial charge in [-0.05, 0) is 39.0 Å². The van der Waals surface area contributed by atoms with E-state index in [9.17, 15) is 19.3 Å². The Bertz CT molecular complexity index is 1060. The maximum Gasteiger partial charge on any atom is 0.342 e. The second-order valence-electron chi connectivity index (χ2n) is 6.25. The van der Waals surface area contributed by atoms with Crippen molar-refractivity contribution in [2.24, 2.45) is 0 Å². The smallest absolute Gasteiger partial charge is 0.342 e. The molecule has 1 heterocycles. The van der Waals surface area contributed by atoms with E-state index in [0.717, 1.165) is 0 Å². The zero-order valence-corrected chi connectivity index (χ0v) is 15.5. The zero-order valence-electron chi connectivity index (χ0n) is 15.5. The predicted octanol–water partition coefficient (Wildman–Crippen LogP) is 5.11. The van der Waals surface area contributed by atoms with Crippen LogP contribution < -0.4 is 4.74 Å². The molecule has 28 heavy (non-hydrogen) atoms. The lowest BCUT2D eigenvalue weighted by Crippen LogP contribution is -2.08. The summed E-state index contributed by atoms with van der Waals surface area (Å²) in [6, 6.07) is 8.30. The Hall–Kier alpha value is -3.42. The molecule has 0 bridgehead atoms. The Balaban J connectivity index is 2.34. The number of esters is 1. The molecular formula is C20H18FNO6. The van der Waals surface area contributed by atoms with Gasteiger partial charge in [-0.15, -0.1) is 0 Å². The van der Waals surface area contributed by atoms with E-state index in [2.05, 4.69) is 0 Å². The molecule has 0 unspecified atom stereocenters. The van der Waals surface area contributed by atoms with Crippen molar-refractivity contribution >= 4 is 22.6 Å². The minimum Gasteiger partial charge on any atom is -0.484 e. The summed E-state index contributed by atoms with van der Waals surface area (Å²) in [4.78, 5) is 23.4. The fourth-order valence-corrected chi connectivity index (χ4v) is 2.84. The number of furan rings is 1. The lowest BCUT2D eigenvalue weighted by molar-refractivity contribution is -0.385. The number of halogens is 1. The molecule has 1 aromatic heterocycles. The van der Waals surface area contributed by atoms with Crippen LogP contribution in [0, 0.1) is 15.9 Å². The molecular weight excluding hydrogens is 369 g/mol. The predicted molar refractivity (Wildman–Crippen MR) is 100.0 cm³/mol. The lowest BCUT2D eigenvalue weighted by Gasteiger charge is -2.10. The van der Waals surface area contributed by atoms with Crippen molar-refractivity contribution in [2.45, 2.75) is 26.9 Å². The highest BCUT2D eigenvalue weighted by Crippen LogP contribution is 2.41. The Morgan fingerprint density at radius 3 is 2.61 bits per heavy atom. The first-order valence-electron chi connectivity index (χ1n) is 8.67. The van der Waals surface area contributed by atoms with Gasteiger partial charge in [-0.1, -0.05) is 12.1 Å². The van der Waals surface area contributed by atoms with Crippen molar-refractivity contribution < 1.29 is 28.0 Å². The molecule has 0 amide bonds. The second kappa shape index (κ2) is 7.67. The highest BCUT2D eigenvalue weighted by molar-refractivity contribution is 6.09. The van der Waals surface area contributed by atoms with Gasteiger partial charge in [0, 0.05) is 5.39 Å². The molecule has 3 aromatic rings. The molecule has 0 spiro atoms. The van der Waals surface area contributed by atoms with Crippen LogP contribution in [0.4, 0.5) is 10.1 Å². The number of ether oxygens (including phenoxy) is 2. The van der Waals surface area contributed by atoms with Gasteiger partial charge in [0.15, 0.2) is 11.5 Å². The van der Waals surface area contributed by atoms with E-state index in [-0.39, 0.29) is 52.0 Å². The summed E-state index contributed by atoms with van der Waals surface area (Å²) in [6.45, 7) is 5.19. The number of benzene rings is 2. The van der Waals surface area contributed by atoms with Crippen molar-refractivity contribution in [1.82, 2.24) is 0 Å². The number of fused-ring (bicyclic) bond motifs is 1. The largest absolute Gasteiger partial charge is 0.484 e. The van der Waals surface area contributed by atoms with Gasteiger partial charge in [-0.3, -0.25) is 10.1 Å². The number of rotatable bonds is 6.